The van der Waals surface area contributed by atoms with E-state index in [1.807, 2.05) is 74.5 Å². The van der Waals surface area contributed by atoms with Gasteiger partial charge in [0.25, 0.3) is 0 Å². The molecule has 1 aliphatic rings. The molecule has 45 heavy (non-hydrogen) atoms. The molecule has 234 valence electrons. The SMILES string of the molecule is CC(C)CC(C(=O)NC1CCCN(CCc2cccc(-c3ccccn3)c2)CC1=O)N(C)C(=O)Cc1ccc2ccccc2c1. The summed E-state index contributed by atoms with van der Waals surface area (Å²) in [6.07, 6.45) is 4.77. The smallest absolute Gasteiger partial charge is 0.243 e. The molecule has 7 nitrogen and oxygen atoms in total. The maximum Gasteiger partial charge on any atom is 0.243 e. The van der Waals surface area contributed by atoms with Gasteiger partial charge in [0, 0.05) is 25.4 Å². The van der Waals surface area contributed by atoms with Gasteiger partial charge in [0.15, 0.2) is 5.78 Å². The number of hydrogen-bond acceptors (Lipinski definition) is 5. The van der Waals surface area contributed by atoms with Crippen molar-refractivity contribution in [1.82, 2.24) is 20.1 Å². The molecule has 7 heteroatoms. The number of Topliss-reactive ketones (excluding diaryl/α,β-unsaturated/α-hetero) is 1. The van der Waals surface area contributed by atoms with Crippen LogP contribution >= 0.6 is 0 Å². The summed E-state index contributed by atoms with van der Waals surface area (Å²) in [5.74, 6) is -0.141. The highest BCUT2D eigenvalue weighted by atomic mass is 16.2. The third-order valence-corrected chi connectivity index (χ3v) is 8.68. The van der Waals surface area contributed by atoms with E-state index in [1.54, 1.807) is 18.1 Å². The van der Waals surface area contributed by atoms with Crippen LogP contribution in [0.3, 0.4) is 0 Å². The zero-order chi connectivity index (χ0) is 31.8. The first kappa shape index (κ1) is 32.0. The van der Waals surface area contributed by atoms with Crippen molar-refractivity contribution in [3.05, 3.63) is 102 Å². The molecule has 2 atom stereocenters. The van der Waals surface area contributed by atoms with E-state index in [-0.39, 0.29) is 29.9 Å². The number of fused-ring (bicyclic) bond motifs is 1. The molecule has 1 aliphatic heterocycles. The highest BCUT2D eigenvalue weighted by Gasteiger charge is 2.32. The Morgan fingerprint density at radius 2 is 1.76 bits per heavy atom. The predicted octanol–water partition coefficient (Wildman–Crippen LogP) is 5.71. The molecule has 3 aromatic carbocycles. The lowest BCUT2D eigenvalue weighted by Gasteiger charge is -2.30. The quantitative estimate of drug-likeness (QED) is 0.237. The van der Waals surface area contributed by atoms with Crippen molar-refractivity contribution >= 4 is 28.4 Å². The monoisotopic (exact) mass is 604 g/mol. The summed E-state index contributed by atoms with van der Waals surface area (Å²) < 4.78 is 0. The zero-order valence-corrected chi connectivity index (χ0v) is 26.6. The number of benzene rings is 3. The van der Waals surface area contributed by atoms with E-state index in [9.17, 15) is 14.4 Å². The molecule has 2 amide bonds. The van der Waals surface area contributed by atoms with Gasteiger partial charge >= 0.3 is 0 Å². The van der Waals surface area contributed by atoms with Crippen molar-refractivity contribution in [2.24, 2.45) is 5.92 Å². The molecule has 0 radical (unpaired) electrons. The van der Waals surface area contributed by atoms with Crippen LogP contribution < -0.4 is 5.32 Å². The van der Waals surface area contributed by atoms with Crippen LogP contribution in [-0.2, 0) is 27.2 Å². The maximum absolute atomic E-state index is 13.6. The van der Waals surface area contributed by atoms with Gasteiger partial charge in [-0.3, -0.25) is 24.3 Å². The molecule has 2 heterocycles. The summed E-state index contributed by atoms with van der Waals surface area (Å²) >= 11 is 0. The van der Waals surface area contributed by atoms with Crippen LogP contribution in [0.25, 0.3) is 22.0 Å². The van der Waals surface area contributed by atoms with Gasteiger partial charge in [-0.15, -0.1) is 0 Å². The minimum absolute atomic E-state index is 0.0246. The van der Waals surface area contributed by atoms with Gasteiger partial charge in [-0.25, -0.2) is 0 Å². The van der Waals surface area contributed by atoms with Crippen molar-refractivity contribution in [1.29, 1.82) is 0 Å². The van der Waals surface area contributed by atoms with E-state index >= 15 is 0 Å². The number of carbonyl (C=O) groups is 3. The largest absolute Gasteiger partial charge is 0.344 e. The first-order chi connectivity index (χ1) is 21.8. The number of rotatable bonds is 11. The van der Waals surface area contributed by atoms with Crippen LogP contribution in [-0.4, -0.2) is 71.1 Å². The number of hydrogen-bond donors (Lipinski definition) is 1. The van der Waals surface area contributed by atoms with Crippen molar-refractivity contribution < 1.29 is 14.4 Å². The molecule has 0 aliphatic carbocycles. The fourth-order valence-electron chi connectivity index (χ4n) is 6.12. The normalized spacial score (nSPS) is 16.4. The minimum atomic E-state index is -0.642. The van der Waals surface area contributed by atoms with Crippen molar-refractivity contribution in [2.45, 2.75) is 58.0 Å². The highest BCUT2D eigenvalue weighted by molar-refractivity contribution is 5.94. The van der Waals surface area contributed by atoms with Crippen molar-refractivity contribution in [3.8, 4) is 11.3 Å². The topological polar surface area (TPSA) is 82.6 Å². The highest BCUT2D eigenvalue weighted by Crippen LogP contribution is 2.20. The Kier molecular flexibility index (Phi) is 10.7. The van der Waals surface area contributed by atoms with Gasteiger partial charge in [-0.1, -0.05) is 80.6 Å². The van der Waals surface area contributed by atoms with Crippen LogP contribution in [0, 0.1) is 5.92 Å². The molecule has 5 rings (SSSR count). The number of nitrogens with zero attached hydrogens (tertiary/aromatic N) is 3. The molecular formula is C38H44N4O3. The summed E-state index contributed by atoms with van der Waals surface area (Å²) in [7, 11) is 1.70. The van der Waals surface area contributed by atoms with E-state index in [0.29, 0.717) is 19.4 Å². The number of likely N-dealkylation sites (N-methyl/N-ethyl adjacent to an activating group) is 1. The Balaban J connectivity index is 1.17. The fourth-order valence-corrected chi connectivity index (χ4v) is 6.12. The molecule has 0 saturated carbocycles. The number of amides is 2. The third-order valence-electron chi connectivity index (χ3n) is 8.68. The zero-order valence-electron chi connectivity index (χ0n) is 26.6. The second-order valence-electron chi connectivity index (χ2n) is 12.6. The summed E-state index contributed by atoms with van der Waals surface area (Å²) in [6.45, 7) is 5.96. The summed E-state index contributed by atoms with van der Waals surface area (Å²) in [5, 5.41) is 5.25. The van der Waals surface area contributed by atoms with E-state index in [0.717, 1.165) is 53.5 Å². The Labute approximate surface area is 266 Å². The fraction of sp³-hybridized carbons (Fsp3) is 0.368. The second-order valence-corrected chi connectivity index (χ2v) is 12.6. The average Bonchev–Trinajstić information content (AvgIpc) is 3.22. The number of nitrogens with one attached hydrogen (secondary N) is 1. The van der Waals surface area contributed by atoms with Crippen molar-refractivity contribution in [2.75, 3.05) is 26.7 Å². The van der Waals surface area contributed by atoms with Crippen LogP contribution in [0.4, 0.5) is 0 Å². The molecule has 0 spiro atoms. The molecule has 4 aromatic rings. The van der Waals surface area contributed by atoms with Crippen LogP contribution in [0.2, 0.25) is 0 Å². The number of pyridine rings is 1. The number of carbonyl (C=O) groups excluding carboxylic acids is 3. The molecule has 1 fully saturated rings. The van der Waals surface area contributed by atoms with E-state index in [1.165, 1.54) is 5.56 Å². The number of likely N-dealkylation sites (tertiary alicyclic amines) is 1. The van der Waals surface area contributed by atoms with Gasteiger partial charge in [-0.05, 0) is 78.2 Å². The second kappa shape index (κ2) is 15.1. The maximum atomic E-state index is 13.6. The Morgan fingerprint density at radius 3 is 2.53 bits per heavy atom. The number of ketones is 1. The first-order valence-corrected chi connectivity index (χ1v) is 16.1. The standard InChI is InChI=1S/C38H44N4O3/c1-27(2)22-35(41(3)37(44)25-29-16-17-30-11-4-5-12-31(30)24-29)38(45)40-34-15-9-20-42(26-36(34)43)21-18-28-10-8-13-32(23-28)33-14-6-7-19-39-33/h4-8,10-14,16-17,19,23-24,27,34-35H,9,15,18,20-22,25-26H2,1-3H3,(H,40,45). The van der Waals surface area contributed by atoms with E-state index in [4.69, 9.17) is 0 Å². The molecule has 1 N–H and O–H groups in total. The van der Waals surface area contributed by atoms with Gasteiger partial charge < -0.3 is 10.2 Å². The van der Waals surface area contributed by atoms with Gasteiger partial charge in [-0.2, -0.15) is 0 Å². The molecule has 0 bridgehead atoms. The number of aromatic nitrogens is 1. The van der Waals surface area contributed by atoms with E-state index in [2.05, 4.69) is 39.5 Å². The lowest BCUT2D eigenvalue weighted by Crippen LogP contribution is -2.53. The Morgan fingerprint density at radius 1 is 0.956 bits per heavy atom. The van der Waals surface area contributed by atoms with Crippen LogP contribution in [0.15, 0.2) is 91.1 Å². The van der Waals surface area contributed by atoms with Crippen LogP contribution in [0.1, 0.15) is 44.2 Å². The molecule has 1 aromatic heterocycles. The lowest BCUT2D eigenvalue weighted by atomic mass is 9.99. The minimum Gasteiger partial charge on any atom is -0.344 e. The predicted molar refractivity (Wildman–Crippen MR) is 180 cm³/mol. The van der Waals surface area contributed by atoms with Crippen LogP contribution in [0.5, 0.6) is 0 Å². The van der Waals surface area contributed by atoms with Gasteiger partial charge in [0.1, 0.15) is 6.04 Å². The molecule has 2 unspecified atom stereocenters. The average molecular weight is 605 g/mol. The molecular weight excluding hydrogens is 560 g/mol. The lowest BCUT2D eigenvalue weighted by molar-refractivity contribution is -0.140. The van der Waals surface area contributed by atoms with Gasteiger partial charge in [0.05, 0.1) is 24.7 Å². The van der Waals surface area contributed by atoms with E-state index < -0.39 is 12.1 Å². The summed E-state index contributed by atoms with van der Waals surface area (Å²) in [6, 6.07) is 27.2. The first-order valence-electron chi connectivity index (χ1n) is 16.1. The third kappa shape index (κ3) is 8.64. The van der Waals surface area contributed by atoms with Crippen molar-refractivity contribution in [3.63, 3.8) is 0 Å². The summed E-state index contributed by atoms with van der Waals surface area (Å²) in [4.78, 5) is 48.6. The summed E-state index contributed by atoms with van der Waals surface area (Å²) in [5.41, 5.74) is 4.14. The van der Waals surface area contributed by atoms with Gasteiger partial charge in [0.2, 0.25) is 11.8 Å². The Hall–Kier alpha value is -4.36. The molecule has 1 saturated heterocycles. The Bertz CT molecular complexity index is 1620.